The highest BCUT2D eigenvalue weighted by molar-refractivity contribution is 6.23. The van der Waals surface area contributed by atoms with Gasteiger partial charge >= 0.3 is 0 Å². The first-order chi connectivity index (χ1) is 24.8. The van der Waals surface area contributed by atoms with Crippen molar-refractivity contribution in [1.82, 2.24) is 9.13 Å². The van der Waals surface area contributed by atoms with E-state index in [2.05, 4.69) is 203 Å². The number of fused-ring (bicyclic) bond motifs is 7. The van der Waals surface area contributed by atoms with Crippen LogP contribution in [0.2, 0.25) is 0 Å². The minimum Gasteiger partial charge on any atom is -0.307 e. The molecule has 0 aliphatic rings. The standard InChI is InChI=1S/C48H32N2/c1-4-14-33(15-5-1)35-24-26-36(27-25-35)38-30-37(34-16-6-2-7-17-34)31-40(32-38)50-46-23-13-11-21-42(46)44-29-28-43-41-20-10-12-22-45(41)49(47(43)48(44)50)39-18-8-3-9-19-39/h1-32H. The SMILES string of the molecule is c1ccc(-c2ccc(-c3cc(-c4ccccc4)cc(-n4c5ccccc5c5ccc6c7ccccc7n(-c7ccccc7)c6c54)c3)cc2)cc1. The van der Waals surface area contributed by atoms with Crippen LogP contribution in [0.3, 0.4) is 0 Å². The minimum atomic E-state index is 1.14. The Morgan fingerprint density at radius 3 is 1.14 bits per heavy atom. The van der Waals surface area contributed by atoms with Crippen LogP contribution in [0.5, 0.6) is 0 Å². The van der Waals surface area contributed by atoms with E-state index in [1.807, 2.05) is 0 Å². The van der Waals surface area contributed by atoms with Crippen LogP contribution >= 0.6 is 0 Å². The van der Waals surface area contributed by atoms with Crippen molar-refractivity contribution in [3.8, 4) is 44.8 Å². The van der Waals surface area contributed by atoms with E-state index in [1.54, 1.807) is 0 Å². The summed E-state index contributed by atoms with van der Waals surface area (Å²) in [5.41, 5.74) is 14.3. The van der Waals surface area contributed by atoms with Gasteiger partial charge in [0, 0.05) is 32.9 Å². The molecule has 50 heavy (non-hydrogen) atoms. The third kappa shape index (κ3) is 4.50. The fraction of sp³-hybridized carbons (Fsp3) is 0. The van der Waals surface area contributed by atoms with Crippen molar-refractivity contribution in [2.75, 3.05) is 0 Å². The first-order valence-corrected chi connectivity index (χ1v) is 17.2. The van der Waals surface area contributed by atoms with E-state index in [0.717, 1.165) is 11.4 Å². The second-order valence-electron chi connectivity index (χ2n) is 13.0. The zero-order valence-electron chi connectivity index (χ0n) is 27.4. The van der Waals surface area contributed by atoms with Crippen LogP contribution in [0, 0.1) is 0 Å². The van der Waals surface area contributed by atoms with Crippen molar-refractivity contribution in [1.29, 1.82) is 0 Å². The number of rotatable bonds is 5. The molecule has 0 atom stereocenters. The predicted molar refractivity (Wildman–Crippen MR) is 211 cm³/mol. The van der Waals surface area contributed by atoms with Crippen LogP contribution in [-0.4, -0.2) is 9.13 Å². The lowest BCUT2D eigenvalue weighted by Crippen LogP contribution is -1.99. The minimum absolute atomic E-state index is 1.14. The van der Waals surface area contributed by atoms with E-state index < -0.39 is 0 Å². The summed E-state index contributed by atoms with van der Waals surface area (Å²) in [6, 6.07) is 70.4. The zero-order valence-corrected chi connectivity index (χ0v) is 27.4. The molecule has 8 aromatic carbocycles. The number of para-hydroxylation sites is 3. The highest BCUT2D eigenvalue weighted by Gasteiger charge is 2.21. The van der Waals surface area contributed by atoms with Crippen molar-refractivity contribution in [2.45, 2.75) is 0 Å². The highest BCUT2D eigenvalue weighted by atomic mass is 15.0. The van der Waals surface area contributed by atoms with Gasteiger partial charge in [-0.05, 0) is 75.8 Å². The van der Waals surface area contributed by atoms with Gasteiger partial charge in [0.05, 0.1) is 22.1 Å². The molecule has 2 aromatic heterocycles. The molecule has 0 spiro atoms. The Balaban J connectivity index is 1.30. The van der Waals surface area contributed by atoms with E-state index in [1.165, 1.54) is 77.0 Å². The molecule has 0 N–H and O–H groups in total. The first kappa shape index (κ1) is 28.4. The molecule has 0 saturated heterocycles. The lowest BCUT2D eigenvalue weighted by Gasteiger charge is -2.16. The van der Waals surface area contributed by atoms with Crippen LogP contribution < -0.4 is 0 Å². The third-order valence-electron chi connectivity index (χ3n) is 10.1. The summed E-state index contributed by atoms with van der Waals surface area (Å²) in [4.78, 5) is 0. The second-order valence-corrected chi connectivity index (χ2v) is 13.0. The van der Waals surface area contributed by atoms with E-state index in [4.69, 9.17) is 0 Å². The van der Waals surface area contributed by atoms with Crippen LogP contribution in [0.1, 0.15) is 0 Å². The van der Waals surface area contributed by atoms with Crippen LogP contribution in [0.25, 0.3) is 88.4 Å². The van der Waals surface area contributed by atoms with Gasteiger partial charge < -0.3 is 9.13 Å². The molecule has 0 saturated carbocycles. The maximum Gasteiger partial charge on any atom is 0.0788 e. The Labute approximate surface area is 290 Å². The van der Waals surface area contributed by atoms with Crippen molar-refractivity contribution >= 4 is 43.6 Å². The molecule has 0 radical (unpaired) electrons. The van der Waals surface area contributed by atoms with Crippen LogP contribution in [0.4, 0.5) is 0 Å². The average Bonchev–Trinajstić information content (AvgIpc) is 3.72. The largest absolute Gasteiger partial charge is 0.307 e. The van der Waals surface area contributed by atoms with Gasteiger partial charge in [-0.25, -0.2) is 0 Å². The lowest BCUT2D eigenvalue weighted by molar-refractivity contribution is 1.15. The molecule has 0 unspecified atom stereocenters. The molecule has 10 aromatic rings. The number of benzene rings is 8. The third-order valence-corrected chi connectivity index (χ3v) is 10.1. The van der Waals surface area contributed by atoms with Gasteiger partial charge in [0.2, 0.25) is 0 Å². The summed E-state index contributed by atoms with van der Waals surface area (Å²) < 4.78 is 4.95. The van der Waals surface area contributed by atoms with E-state index in [0.29, 0.717) is 0 Å². The zero-order chi connectivity index (χ0) is 33.0. The molecule has 0 fully saturated rings. The Morgan fingerprint density at radius 2 is 0.620 bits per heavy atom. The number of nitrogens with zero attached hydrogens (tertiary/aromatic N) is 2. The summed E-state index contributed by atoms with van der Waals surface area (Å²) >= 11 is 0. The van der Waals surface area contributed by atoms with E-state index in [-0.39, 0.29) is 0 Å². The summed E-state index contributed by atoms with van der Waals surface area (Å²) in [5.74, 6) is 0. The molecular weight excluding hydrogens is 605 g/mol. The van der Waals surface area contributed by atoms with Gasteiger partial charge in [-0.3, -0.25) is 0 Å². The summed E-state index contributed by atoms with van der Waals surface area (Å²) in [5, 5.41) is 4.99. The summed E-state index contributed by atoms with van der Waals surface area (Å²) in [6.07, 6.45) is 0. The maximum atomic E-state index is 2.50. The normalized spacial score (nSPS) is 11.6. The van der Waals surface area contributed by atoms with Gasteiger partial charge in [0.25, 0.3) is 0 Å². The van der Waals surface area contributed by atoms with Crippen LogP contribution in [0.15, 0.2) is 194 Å². The van der Waals surface area contributed by atoms with Crippen molar-refractivity contribution in [2.24, 2.45) is 0 Å². The molecule has 0 bridgehead atoms. The van der Waals surface area contributed by atoms with E-state index >= 15 is 0 Å². The Bertz CT molecular complexity index is 2820. The van der Waals surface area contributed by atoms with Crippen molar-refractivity contribution in [3.05, 3.63) is 194 Å². The van der Waals surface area contributed by atoms with Gasteiger partial charge in [0.15, 0.2) is 0 Å². The van der Waals surface area contributed by atoms with E-state index in [9.17, 15) is 0 Å². The van der Waals surface area contributed by atoms with Crippen molar-refractivity contribution in [3.63, 3.8) is 0 Å². The number of hydrogen-bond donors (Lipinski definition) is 0. The summed E-state index contributed by atoms with van der Waals surface area (Å²) in [7, 11) is 0. The predicted octanol–water partition coefficient (Wildman–Crippen LogP) is 12.9. The Kier molecular flexibility index (Phi) is 6.53. The number of hydrogen-bond acceptors (Lipinski definition) is 0. The maximum absolute atomic E-state index is 2.50. The fourth-order valence-corrected chi connectivity index (χ4v) is 7.80. The smallest absolute Gasteiger partial charge is 0.0788 e. The Morgan fingerprint density at radius 1 is 0.240 bits per heavy atom. The monoisotopic (exact) mass is 636 g/mol. The molecule has 0 aliphatic heterocycles. The average molecular weight is 637 g/mol. The highest BCUT2D eigenvalue weighted by Crippen LogP contribution is 2.42. The number of aromatic nitrogens is 2. The quantitative estimate of drug-likeness (QED) is 0.178. The lowest BCUT2D eigenvalue weighted by atomic mass is 9.96. The first-order valence-electron chi connectivity index (χ1n) is 17.2. The topological polar surface area (TPSA) is 9.86 Å². The summed E-state index contributed by atoms with van der Waals surface area (Å²) in [6.45, 7) is 0. The molecule has 2 heteroatoms. The van der Waals surface area contributed by atoms with Crippen molar-refractivity contribution < 1.29 is 0 Å². The Hall–Kier alpha value is -6.64. The fourth-order valence-electron chi connectivity index (χ4n) is 7.80. The molecular formula is C48H32N2. The molecule has 0 amide bonds. The van der Waals surface area contributed by atoms with Crippen LogP contribution in [-0.2, 0) is 0 Å². The van der Waals surface area contributed by atoms with Gasteiger partial charge in [-0.2, -0.15) is 0 Å². The van der Waals surface area contributed by atoms with Gasteiger partial charge in [-0.1, -0.05) is 152 Å². The van der Waals surface area contributed by atoms with Gasteiger partial charge in [-0.15, -0.1) is 0 Å². The molecule has 234 valence electrons. The molecule has 0 aliphatic carbocycles. The molecule has 2 nitrogen and oxygen atoms in total. The molecule has 2 heterocycles. The molecule has 10 rings (SSSR count). The van der Waals surface area contributed by atoms with Gasteiger partial charge in [0.1, 0.15) is 0 Å². The second kappa shape index (κ2) is 11.5.